The van der Waals surface area contributed by atoms with Gasteiger partial charge in [0.1, 0.15) is 12.6 Å². The lowest BCUT2D eigenvalue weighted by Gasteiger charge is -2.20. The summed E-state index contributed by atoms with van der Waals surface area (Å²) in [6.45, 7) is 9.91. The highest BCUT2D eigenvalue weighted by atomic mass is 35.5. The lowest BCUT2D eigenvalue weighted by molar-refractivity contribution is -0.522. The van der Waals surface area contributed by atoms with Crippen molar-refractivity contribution < 1.29 is 9.31 Å². The quantitative estimate of drug-likeness (QED) is 0.600. The molecule has 0 N–H and O–H groups in total. The summed E-state index contributed by atoms with van der Waals surface area (Å²) in [6.07, 6.45) is 0. The highest BCUT2D eigenvalue weighted by molar-refractivity contribution is 6.89. The van der Waals surface area contributed by atoms with E-state index in [1.165, 1.54) is 5.19 Å². The molecule has 1 unspecified atom stereocenters. The monoisotopic (exact) mass is 282 g/mol. The van der Waals surface area contributed by atoms with Crippen LogP contribution in [-0.4, -0.2) is 38.2 Å². The number of halogens is 1. The molecular formula is C14H21ClNOSi+. The van der Waals surface area contributed by atoms with E-state index in [0.717, 1.165) is 23.1 Å². The Bertz CT molecular complexity index is 505. The summed E-state index contributed by atoms with van der Waals surface area (Å²) in [5, 5.41) is 2.16. The molecule has 1 atom stereocenters. The maximum Gasteiger partial charge on any atom is 0.371 e. The van der Waals surface area contributed by atoms with Crippen molar-refractivity contribution in [3.8, 4) is 0 Å². The third-order valence-electron chi connectivity index (χ3n) is 3.48. The van der Waals surface area contributed by atoms with Gasteiger partial charge in [0.05, 0.1) is 13.1 Å². The molecule has 0 aliphatic carbocycles. The Morgan fingerprint density at radius 2 is 2.00 bits per heavy atom. The summed E-state index contributed by atoms with van der Waals surface area (Å²) in [4.78, 5) is 0. The van der Waals surface area contributed by atoms with E-state index < -0.39 is 8.07 Å². The molecule has 0 spiro atoms. The molecule has 2 nitrogen and oxygen atoms in total. The molecule has 98 valence electrons. The average molecular weight is 283 g/mol. The lowest BCUT2D eigenvalue weighted by atomic mass is 10.2. The fourth-order valence-electron chi connectivity index (χ4n) is 2.23. The molecule has 1 aromatic carbocycles. The van der Waals surface area contributed by atoms with Gasteiger partial charge in [-0.3, -0.25) is 0 Å². The van der Waals surface area contributed by atoms with E-state index in [1.54, 1.807) is 0 Å². The molecular weight excluding hydrogens is 262 g/mol. The molecule has 1 aliphatic rings. The lowest BCUT2D eigenvalue weighted by Crippen LogP contribution is -2.42. The summed E-state index contributed by atoms with van der Waals surface area (Å²) < 4.78 is 8.05. The molecule has 0 fully saturated rings. The molecule has 2 rings (SSSR count). The second-order valence-electron chi connectivity index (χ2n) is 5.99. The molecule has 0 radical (unpaired) electrons. The zero-order valence-corrected chi connectivity index (χ0v) is 13.5. The molecule has 1 aliphatic heterocycles. The van der Waals surface area contributed by atoms with Crippen molar-refractivity contribution in [2.45, 2.75) is 32.6 Å². The van der Waals surface area contributed by atoms with Crippen molar-refractivity contribution in [2.24, 2.45) is 0 Å². The van der Waals surface area contributed by atoms with Gasteiger partial charge in [0.25, 0.3) is 0 Å². The standard InChI is InChI=1S/C14H21ClNOSi/c1-10-9-17-14(16(10)2)13-11(15)7-6-8-12(13)18(3,4)5/h6-8,10H,9H2,1-5H3/q+1. The van der Waals surface area contributed by atoms with Crippen LogP contribution in [0.1, 0.15) is 12.5 Å². The minimum atomic E-state index is -1.44. The van der Waals surface area contributed by atoms with E-state index in [-0.39, 0.29) is 0 Å². The number of likely N-dealkylation sites (N-methyl/N-ethyl adjacent to an activating group) is 1. The molecule has 0 amide bonds. The van der Waals surface area contributed by atoms with Gasteiger partial charge in [-0.2, -0.15) is 4.58 Å². The van der Waals surface area contributed by atoms with Crippen molar-refractivity contribution in [1.82, 2.24) is 0 Å². The Labute approximate surface area is 115 Å². The Morgan fingerprint density at radius 3 is 2.50 bits per heavy atom. The Balaban J connectivity index is 2.65. The third-order valence-corrected chi connectivity index (χ3v) is 5.83. The fourth-order valence-corrected chi connectivity index (χ4v) is 4.15. The van der Waals surface area contributed by atoms with Crippen LogP contribution >= 0.6 is 11.6 Å². The maximum absolute atomic E-state index is 6.42. The Kier molecular flexibility index (Phi) is 3.56. The predicted molar refractivity (Wildman–Crippen MR) is 80.1 cm³/mol. The minimum Gasteiger partial charge on any atom is -0.437 e. The zero-order chi connectivity index (χ0) is 13.5. The highest BCUT2D eigenvalue weighted by Gasteiger charge is 2.35. The van der Waals surface area contributed by atoms with Crippen molar-refractivity contribution in [3.63, 3.8) is 0 Å². The van der Waals surface area contributed by atoms with Crippen LogP contribution in [0.4, 0.5) is 0 Å². The summed E-state index contributed by atoms with van der Waals surface area (Å²) in [6, 6.07) is 6.60. The van der Waals surface area contributed by atoms with Gasteiger partial charge in [0.15, 0.2) is 12.6 Å². The number of ether oxygens (including phenoxy) is 1. The first-order valence-electron chi connectivity index (χ1n) is 6.34. The first-order valence-corrected chi connectivity index (χ1v) is 10.2. The van der Waals surface area contributed by atoms with Gasteiger partial charge < -0.3 is 4.74 Å². The Morgan fingerprint density at radius 1 is 1.33 bits per heavy atom. The van der Waals surface area contributed by atoms with E-state index in [9.17, 15) is 0 Å². The largest absolute Gasteiger partial charge is 0.437 e. The molecule has 18 heavy (non-hydrogen) atoms. The van der Waals surface area contributed by atoms with Crippen molar-refractivity contribution in [2.75, 3.05) is 13.7 Å². The predicted octanol–water partition coefficient (Wildman–Crippen LogP) is 2.69. The molecule has 0 aromatic heterocycles. The van der Waals surface area contributed by atoms with Crippen molar-refractivity contribution in [3.05, 3.63) is 28.8 Å². The zero-order valence-electron chi connectivity index (χ0n) is 11.7. The van der Waals surface area contributed by atoms with Gasteiger partial charge in [-0.1, -0.05) is 43.4 Å². The second kappa shape index (κ2) is 4.70. The van der Waals surface area contributed by atoms with Crippen LogP contribution in [0.3, 0.4) is 0 Å². The number of hydrogen-bond acceptors (Lipinski definition) is 1. The van der Waals surface area contributed by atoms with E-state index in [4.69, 9.17) is 16.3 Å². The van der Waals surface area contributed by atoms with Crippen LogP contribution in [-0.2, 0) is 4.74 Å². The van der Waals surface area contributed by atoms with Crippen molar-refractivity contribution in [1.29, 1.82) is 0 Å². The molecule has 0 saturated heterocycles. The first-order chi connectivity index (χ1) is 8.32. The van der Waals surface area contributed by atoms with Gasteiger partial charge >= 0.3 is 5.90 Å². The van der Waals surface area contributed by atoms with Gasteiger partial charge in [-0.05, 0) is 11.3 Å². The van der Waals surface area contributed by atoms with E-state index >= 15 is 0 Å². The third kappa shape index (κ3) is 2.34. The van der Waals surface area contributed by atoms with Crippen molar-refractivity contribution >= 4 is 30.8 Å². The summed E-state index contributed by atoms with van der Waals surface area (Å²) >= 11 is 6.42. The molecule has 1 heterocycles. The van der Waals surface area contributed by atoms with Crippen LogP contribution in [0.5, 0.6) is 0 Å². The van der Waals surface area contributed by atoms with Crippen LogP contribution < -0.4 is 5.19 Å². The van der Waals surface area contributed by atoms with Crippen LogP contribution in [0, 0.1) is 0 Å². The second-order valence-corrected chi connectivity index (χ2v) is 11.4. The summed E-state index contributed by atoms with van der Waals surface area (Å²) in [7, 11) is 0.633. The minimum absolute atomic E-state index is 0.408. The first kappa shape index (κ1) is 13.6. The normalized spacial score (nSPS) is 20.2. The van der Waals surface area contributed by atoms with Crippen LogP contribution in [0.2, 0.25) is 24.7 Å². The van der Waals surface area contributed by atoms with Gasteiger partial charge in [-0.25, -0.2) is 0 Å². The Hall–Kier alpha value is -0.803. The number of hydrogen-bond donors (Lipinski definition) is 0. The van der Waals surface area contributed by atoms with Crippen LogP contribution in [0.15, 0.2) is 18.2 Å². The number of benzene rings is 1. The van der Waals surface area contributed by atoms with Gasteiger partial charge in [-0.15, -0.1) is 0 Å². The summed E-state index contributed by atoms with van der Waals surface area (Å²) in [5.74, 6) is 0.936. The maximum atomic E-state index is 6.42. The molecule has 0 saturated carbocycles. The SMILES string of the molecule is CC1COC(c2c(Cl)cccc2[Si](C)(C)C)=[N+]1C. The van der Waals surface area contributed by atoms with Gasteiger partial charge in [0.2, 0.25) is 0 Å². The highest BCUT2D eigenvalue weighted by Crippen LogP contribution is 2.21. The number of nitrogens with zero attached hydrogens (tertiary/aromatic N) is 1. The summed E-state index contributed by atoms with van der Waals surface area (Å²) in [5.41, 5.74) is 1.10. The molecule has 1 aromatic rings. The topological polar surface area (TPSA) is 12.2 Å². The smallest absolute Gasteiger partial charge is 0.371 e. The molecule has 0 bridgehead atoms. The number of rotatable bonds is 2. The molecule has 4 heteroatoms. The van der Waals surface area contributed by atoms with Crippen LogP contribution in [0.25, 0.3) is 0 Å². The van der Waals surface area contributed by atoms with E-state index in [2.05, 4.69) is 44.3 Å². The fraction of sp³-hybridized carbons (Fsp3) is 0.500. The van der Waals surface area contributed by atoms with E-state index in [1.807, 2.05) is 12.1 Å². The average Bonchev–Trinajstić information content (AvgIpc) is 2.59. The van der Waals surface area contributed by atoms with Gasteiger partial charge in [0, 0.05) is 6.92 Å². The van der Waals surface area contributed by atoms with E-state index in [0.29, 0.717) is 6.04 Å².